The molecule has 5 rings (SSSR count). The fraction of sp³-hybridized carbons (Fsp3) is 0.238. The van der Waals surface area contributed by atoms with Crippen LogP contribution < -0.4 is 0 Å². The van der Waals surface area contributed by atoms with Crippen molar-refractivity contribution in [2.45, 2.75) is 22.6 Å². The molecule has 5 nitrogen and oxygen atoms in total. The van der Waals surface area contributed by atoms with Gasteiger partial charge < -0.3 is 0 Å². The molecular weight excluding hydrogens is 377 g/mol. The fourth-order valence-electron chi connectivity index (χ4n) is 4.30. The van der Waals surface area contributed by atoms with Gasteiger partial charge in [0.15, 0.2) is 9.84 Å². The normalized spacial score (nSPS) is 22.8. The Bertz CT molecular complexity index is 1130. The van der Waals surface area contributed by atoms with Crippen molar-refractivity contribution >= 4 is 9.84 Å². The topological polar surface area (TPSA) is 63.2 Å². The number of hydrogen-bond donors (Lipinski definition) is 0. The van der Waals surface area contributed by atoms with E-state index in [1.54, 1.807) is 24.4 Å². The Morgan fingerprint density at radius 1 is 1.04 bits per heavy atom. The van der Waals surface area contributed by atoms with E-state index in [1.807, 2.05) is 24.3 Å². The predicted molar refractivity (Wildman–Crippen MR) is 103 cm³/mol. The van der Waals surface area contributed by atoms with Crippen LogP contribution >= 0.6 is 0 Å². The van der Waals surface area contributed by atoms with Crippen LogP contribution in [-0.4, -0.2) is 41.6 Å². The van der Waals surface area contributed by atoms with Crippen molar-refractivity contribution in [3.63, 3.8) is 0 Å². The minimum absolute atomic E-state index is 0.0583. The van der Waals surface area contributed by atoms with Gasteiger partial charge in [-0.15, -0.1) is 0 Å². The second kappa shape index (κ2) is 6.46. The van der Waals surface area contributed by atoms with Gasteiger partial charge in [0.25, 0.3) is 0 Å². The Kier molecular flexibility index (Phi) is 4.03. The largest absolute Gasteiger partial charge is 0.296 e. The van der Waals surface area contributed by atoms with Crippen LogP contribution in [0.1, 0.15) is 17.2 Å². The maximum atomic E-state index is 13.1. The van der Waals surface area contributed by atoms with Crippen molar-refractivity contribution in [1.82, 2.24) is 14.9 Å². The highest BCUT2D eigenvalue weighted by Gasteiger charge is 2.50. The summed E-state index contributed by atoms with van der Waals surface area (Å²) in [6.45, 7) is 1.82. The molecule has 0 spiro atoms. The number of nitrogens with zero attached hydrogens (tertiary/aromatic N) is 3. The van der Waals surface area contributed by atoms with Gasteiger partial charge >= 0.3 is 0 Å². The van der Waals surface area contributed by atoms with Gasteiger partial charge in [-0.2, -0.15) is 4.39 Å². The number of halogens is 1. The van der Waals surface area contributed by atoms with E-state index in [0.717, 1.165) is 22.4 Å². The van der Waals surface area contributed by atoms with E-state index in [9.17, 15) is 12.8 Å². The molecule has 2 aliphatic rings. The van der Waals surface area contributed by atoms with Crippen molar-refractivity contribution in [3.05, 3.63) is 78.1 Å². The van der Waals surface area contributed by atoms with E-state index >= 15 is 0 Å². The summed E-state index contributed by atoms with van der Waals surface area (Å²) in [5.74, 6) is -0.592. The lowest BCUT2D eigenvalue weighted by atomic mass is 9.95. The monoisotopic (exact) mass is 395 g/mol. The maximum absolute atomic E-state index is 13.1. The van der Waals surface area contributed by atoms with Crippen LogP contribution in [-0.2, 0) is 16.4 Å². The standard InChI is InChI=1S/C21H18FN3O2S/c22-21-7-5-15(10-24-21)14-4-6-19-17(9-14)18-12-25(13-20(18)28(19,26)27)11-16-3-1-2-8-23-16/h1-10,18,20H,11-13H2. The fourth-order valence-corrected chi connectivity index (χ4v) is 6.50. The Hall–Kier alpha value is -2.64. The van der Waals surface area contributed by atoms with Gasteiger partial charge in [-0.1, -0.05) is 12.1 Å². The molecule has 28 heavy (non-hydrogen) atoms. The lowest BCUT2D eigenvalue weighted by molar-refractivity contribution is 0.321. The van der Waals surface area contributed by atoms with Crippen LogP contribution in [0.5, 0.6) is 0 Å². The van der Waals surface area contributed by atoms with E-state index in [0.29, 0.717) is 24.5 Å². The molecule has 0 amide bonds. The Morgan fingerprint density at radius 3 is 2.64 bits per heavy atom. The Morgan fingerprint density at radius 2 is 1.89 bits per heavy atom. The first-order valence-electron chi connectivity index (χ1n) is 9.14. The van der Waals surface area contributed by atoms with Gasteiger partial charge in [0.2, 0.25) is 5.95 Å². The first-order valence-corrected chi connectivity index (χ1v) is 10.7. The van der Waals surface area contributed by atoms with E-state index in [-0.39, 0.29) is 5.92 Å². The SMILES string of the molecule is O=S1(=O)c2ccc(-c3ccc(F)nc3)cc2C2CN(Cc3ccccn3)CC21. The highest BCUT2D eigenvalue weighted by atomic mass is 32.2. The lowest BCUT2D eigenvalue weighted by Gasteiger charge is -2.17. The molecular formula is C21H18FN3O2S. The molecule has 1 fully saturated rings. The number of likely N-dealkylation sites (tertiary alicyclic amines) is 1. The zero-order valence-electron chi connectivity index (χ0n) is 15.0. The second-order valence-electron chi connectivity index (χ2n) is 7.33. The minimum atomic E-state index is -3.35. The van der Waals surface area contributed by atoms with E-state index < -0.39 is 21.0 Å². The number of pyridine rings is 2. The van der Waals surface area contributed by atoms with Gasteiger partial charge in [0.1, 0.15) is 0 Å². The molecule has 1 aromatic carbocycles. The summed E-state index contributed by atoms with van der Waals surface area (Å²) in [7, 11) is -3.35. The third kappa shape index (κ3) is 2.82. The minimum Gasteiger partial charge on any atom is -0.296 e. The van der Waals surface area contributed by atoms with Crippen LogP contribution in [0, 0.1) is 5.95 Å². The summed E-state index contributed by atoms with van der Waals surface area (Å²) in [4.78, 5) is 10.6. The molecule has 0 saturated carbocycles. The number of sulfone groups is 1. The number of benzene rings is 1. The Labute approximate surface area is 162 Å². The summed E-state index contributed by atoms with van der Waals surface area (Å²) in [6.07, 6.45) is 3.22. The molecule has 2 unspecified atom stereocenters. The lowest BCUT2D eigenvalue weighted by Crippen LogP contribution is -2.26. The van der Waals surface area contributed by atoms with Crippen molar-refractivity contribution in [1.29, 1.82) is 0 Å². The van der Waals surface area contributed by atoms with Crippen LogP contribution in [0.3, 0.4) is 0 Å². The van der Waals surface area contributed by atoms with Crippen LogP contribution in [0.15, 0.2) is 65.8 Å². The molecule has 2 aliphatic heterocycles. The van der Waals surface area contributed by atoms with Gasteiger partial charge in [0.05, 0.1) is 15.8 Å². The van der Waals surface area contributed by atoms with Crippen LogP contribution in [0.4, 0.5) is 4.39 Å². The molecule has 0 aliphatic carbocycles. The zero-order chi connectivity index (χ0) is 19.3. The Balaban J connectivity index is 1.48. The van der Waals surface area contributed by atoms with E-state index in [1.165, 1.54) is 12.3 Å². The van der Waals surface area contributed by atoms with Crippen molar-refractivity contribution in [3.8, 4) is 11.1 Å². The highest BCUT2D eigenvalue weighted by Crippen LogP contribution is 2.46. The highest BCUT2D eigenvalue weighted by molar-refractivity contribution is 7.92. The summed E-state index contributed by atoms with van der Waals surface area (Å²) in [5, 5.41) is -0.423. The molecule has 0 N–H and O–H groups in total. The van der Waals surface area contributed by atoms with Crippen molar-refractivity contribution in [2.75, 3.05) is 13.1 Å². The average Bonchev–Trinajstić information content (AvgIpc) is 3.21. The number of rotatable bonds is 3. The summed E-state index contributed by atoms with van der Waals surface area (Å²) < 4.78 is 39.2. The van der Waals surface area contributed by atoms with Crippen LogP contribution in [0.25, 0.3) is 11.1 Å². The van der Waals surface area contributed by atoms with Gasteiger partial charge in [0, 0.05) is 43.5 Å². The third-order valence-corrected chi connectivity index (χ3v) is 7.89. The van der Waals surface area contributed by atoms with Gasteiger partial charge in [-0.3, -0.25) is 9.88 Å². The molecule has 2 aromatic heterocycles. The molecule has 2 atom stereocenters. The first-order chi connectivity index (χ1) is 13.5. The van der Waals surface area contributed by atoms with Gasteiger partial charge in [-0.25, -0.2) is 13.4 Å². The quantitative estimate of drug-likeness (QED) is 0.638. The average molecular weight is 395 g/mol. The van der Waals surface area contributed by atoms with E-state index in [4.69, 9.17) is 0 Å². The molecule has 0 radical (unpaired) electrons. The maximum Gasteiger partial charge on any atom is 0.212 e. The zero-order valence-corrected chi connectivity index (χ0v) is 15.8. The van der Waals surface area contributed by atoms with Crippen molar-refractivity contribution in [2.24, 2.45) is 0 Å². The smallest absolute Gasteiger partial charge is 0.212 e. The molecule has 7 heteroatoms. The number of fused-ring (bicyclic) bond motifs is 3. The summed E-state index contributed by atoms with van der Waals surface area (Å²) >= 11 is 0. The second-order valence-corrected chi connectivity index (χ2v) is 9.46. The molecule has 0 bridgehead atoms. The molecule has 1 saturated heterocycles. The molecule has 142 valence electrons. The summed E-state index contributed by atoms with van der Waals surface area (Å²) in [6, 6.07) is 14.1. The predicted octanol–water partition coefficient (Wildman–Crippen LogP) is 3.04. The third-order valence-electron chi connectivity index (χ3n) is 5.63. The molecule has 4 heterocycles. The van der Waals surface area contributed by atoms with E-state index in [2.05, 4.69) is 14.9 Å². The number of hydrogen-bond acceptors (Lipinski definition) is 5. The molecule has 3 aromatic rings. The van der Waals surface area contributed by atoms with Crippen LogP contribution in [0.2, 0.25) is 0 Å². The van der Waals surface area contributed by atoms with Crippen molar-refractivity contribution < 1.29 is 12.8 Å². The number of aromatic nitrogens is 2. The van der Waals surface area contributed by atoms with Gasteiger partial charge in [-0.05, 0) is 47.5 Å². The summed E-state index contributed by atoms with van der Waals surface area (Å²) in [5.41, 5.74) is 3.42. The first kappa shape index (κ1) is 17.5.